The van der Waals surface area contributed by atoms with Crippen LogP contribution in [0.4, 0.5) is 11.4 Å². The Bertz CT molecular complexity index is 791. The Morgan fingerprint density at radius 2 is 1.48 bits per heavy atom. The van der Waals surface area contributed by atoms with Crippen molar-refractivity contribution in [1.29, 1.82) is 5.41 Å². The van der Waals surface area contributed by atoms with E-state index in [1.807, 2.05) is 53.4 Å². The van der Waals surface area contributed by atoms with Crippen molar-refractivity contribution in [3.8, 4) is 0 Å². The van der Waals surface area contributed by atoms with Crippen molar-refractivity contribution in [2.75, 3.05) is 18.0 Å². The molecule has 3 rings (SSSR count). The van der Waals surface area contributed by atoms with Crippen LogP contribution in [0.3, 0.4) is 0 Å². The third-order valence-electron chi connectivity index (χ3n) is 4.46. The molecule has 142 valence electrons. The Morgan fingerprint density at radius 3 is 2.04 bits per heavy atom. The van der Waals surface area contributed by atoms with E-state index in [1.54, 1.807) is 4.90 Å². The van der Waals surface area contributed by atoms with Crippen molar-refractivity contribution in [2.45, 2.75) is 25.7 Å². The number of para-hydroxylation sites is 2. The number of anilines is 2. The lowest BCUT2D eigenvalue weighted by atomic mass is 10.2. The average Bonchev–Trinajstić information content (AvgIpc) is 2.77. The molecule has 0 bridgehead atoms. The second-order valence-corrected chi connectivity index (χ2v) is 7.19. The topological polar surface area (TPSA) is 68.7 Å². The van der Waals surface area contributed by atoms with Crippen LogP contribution in [0, 0.1) is 5.41 Å². The van der Waals surface area contributed by atoms with Gasteiger partial charge in [0, 0.05) is 13.1 Å². The van der Waals surface area contributed by atoms with Crippen LogP contribution in [-0.2, 0) is 0 Å². The lowest BCUT2D eigenvalue weighted by Gasteiger charge is -2.34. The van der Waals surface area contributed by atoms with E-state index in [1.165, 1.54) is 0 Å². The van der Waals surface area contributed by atoms with Gasteiger partial charge in [0.05, 0.1) is 21.4 Å². The number of nitrogens with one attached hydrogen (secondary N) is 1. The summed E-state index contributed by atoms with van der Waals surface area (Å²) in [6, 6.07) is 15.1. The molecule has 7 heteroatoms. The minimum atomic E-state index is -0.0419. The Labute approximate surface area is 169 Å². The van der Waals surface area contributed by atoms with Crippen LogP contribution >= 0.6 is 23.2 Å². The van der Waals surface area contributed by atoms with E-state index in [-0.39, 0.29) is 5.96 Å². The second-order valence-electron chi connectivity index (χ2n) is 6.37. The molecule has 0 atom stereocenters. The molecule has 0 spiro atoms. The van der Waals surface area contributed by atoms with E-state index in [0.717, 1.165) is 37.1 Å². The first-order valence-electron chi connectivity index (χ1n) is 9.05. The summed E-state index contributed by atoms with van der Waals surface area (Å²) in [5.74, 6) is 0.533. The maximum atomic E-state index is 8.12. The van der Waals surface area contributed by atoms with Crippen molar-refractivity contribution in [3.63, 3.8) is 0 Å². The normalized spacial score (nSPS) is 15.3. The Balaban J connectivity index is 2.19. The maximum Gasteiger partial charge on any atom is 0.212 e. The van der Waals surface area contributed by atoms with Crippen molar-refractivity contribution in [2.24, 2.45) is 10.7 Å². The molecular formula is C20H23Cl2N5. The first kappa shape index (κ1) is 19.5. The molecule has 1 aliphatic heterocycles. The third kappa shape index (κ3) is 4.54. The number of halogens is 2. The molecule has 2 aromatic carbocycles. The van der Waals surface area contributed by atoms with Crippen molar-refractivity contribution in [1.82, 2.24) is 4.90 Å². The zero-order valence-corrected chi connectivity index (χ0v) is 16.5. The maximum absolute atomic E-state index is 8.12. The largest absolute Gasteiger partial charge is 0.370 e. The minimum absolute atomic E-state index is 0.0419. The molecule has 0 fully saturated rings. The van der Waals surface area contributed by atoms with Crippen LogP contribution in [0.2, 0.25) is 10.0 Å². The molecule has 0 unspecified atom stereocenters. The van der Waals surface area contributed by atoms with Gasteiger partial charge in [0.25, 0.3) is 0 Å². The monoisotopic (exact) mass is 403 g/mol. The van der Waals surface area contributed by atoms with Gasteiger partial charge >= 0.3 is 0 Å². The smallest absolute Gasteiger partial charge is 0.212 e. The Hall–Kier alpha value is -2.24. The zero-order valence-electron chi connectivity index (χ0n) is 15.0. The fourth-order valence-corrected chi connectivity index (χ4v) is 3.57. The van der Waals surface area contributed by atoms with Crippen LogP contribution in [0.1, 0.15) is 25.7 Å². The van der Waals surface area contributed by atoms with Crippen LogP contribution in [0.15, 0.2) is 53.5 Å². The Kier molecular flexibility index (Phi) is 6.58. The quantitative estimate of drug-likeness (QED) is 0.530. The van der Waals surface area contributed by atoms with Gasteiger partial charge < -0.3 is 5.73 Å². The van der Waals surface area contributed by atoms with Crippen molar-refractivity contribution < 1.29 is 0 Å². The molecule has 0 radical (unpaired) electrons. The molecule has 5 nitrogen and oxygen atoms in total. The SMILES string of the molecule is N=C(N)N1CCCCCCN=C1N(c1ccccc1Cl)c1ccccc1Cl. The number of nitrogens with two attached hydrogens (primary N) is 1. The molecule has 0 aromatic heterocycles. The van der Waals surface area contributed by atoms with Crippen LogP contribution in [-0.4, -0.2) is 29.9 Å². The van der Waals surface area contributed by atoms with E-state index >= 15 is 0 Å². The van der Waals surface area contributed by atoms with Gasteiger partial charge in [-0.25, -0.2) is 0 Å². The van der Waals surface area contributed by atoms with E-state index in [0.29, 0.717) is 29.1 Å². The summed E-state index contributed by atoms with van der Waals surface area (Å²) < 4.78 is 0. The molecule has 0 amide bonds. The molecule has 1 aliphatic rings. The second kappa shape index (κ2) is 9.11. The number of aliphatic imine (C=N–C) groups is 1. The van der Waals surface area contributed by atoms with Crippen molar-refractivity contribution in [3.05, 3.63) is 58.6 Å². The molecule has 3 N–H and O–H groups in total. The van der Waals surface area contributed by atoms with Gasteiger partial charge in [-0.05, 0) is 37.1 Å². The van der Waals surface area contributed by atoms with E-state index in [2.05, 4.69) is 0 Å². The first-order valence-corrected chi connectivity index (χ1v) is 9.80. The summed E-state index contributed by atoms with van der Waals surface area (Å²) in [6.45, 7) is 1.28. The molecule has 0 saturated heterocycles. The first-order chi connectivity index (χ1) is 13.1. The fourth-order valence-electron chi connectivity index (χ4n) is 3.13. The van der Waals surface area contributed by atoms with Crippen LogP contribution in [0.5, 0.6) is 0 Å². The van der Waals surface area contributed by atoms with E-state index < -0.39 is 0 Å². The highest BCUT2D eigenvalue weighted by Gasteiger charge is 2.27. The summed E-state index contributed by atoms with van der Waals surface area (Å²) in [6.07, 6.45) is 4.14. The molecule has 2 aromatic rings. The van der Waals surface area contributed by atoms with Gasteiger partial charge in [-0.15, -0.1) is 0 Å². The highest BCUT2D eigenvalue weighted by atomic mass is 35.5. The van der Waals surface area contributed by atoms with E-state index in [9.17, 15) is 0 Å². The fraction of sp³-hybridized carbons (Fsp3) is 0.300. The standard InChI is InChI=1S/C20H23Cl2N5/c21-15-9-3-5-11-17(15)27(18-12-6-4-10-16(18)22)20-25-13-7-1-2-8-14-26(20)19(23)24/h3-6,9-12H,1-2,7-8,13-14H2,(H3,23,24). The molecule has 1 heterocycles. The van der Waals surface area contributed by atoms with Gasteiger partial charge in [0.1, 0.15) is 0 Å². The van der Waals surface area contributed by atoms with Crippen LogP contribution in [0.25, 0.3) is 0 Å². The van der Waals surface area contributed by atoms with Gasteiger partial charge in [-0.1, -0.05) is 60.3 Å². The minimum Gasteiger partial charge on any atom is -0.370 e. The highest BCUT2D eigenvalue weighted by molar-refractivity contribution is 6.36. The predicted octanol–water partition coefficient (Wildman–Crippen LogP) is 5.26. The molecular weight excluding hydrogens is 381 g/mol. The number of hydrogen-bond donors (Lipinski definition) is 2. The zero-order chi connectivity index (χ0) is 19.2. The van der Waals surface area contributed by atoms with Crippen LogP contribution < -0.4 is 10.6 Å². The van der Waals surface area contributed by atoms with Crippen molar-refractivity contribution >= 4 is 46.5 Å². The molecule has 0 aliphatic carbocycles. The number of nitrogens with zero attached hydrogens (tertiary/aromatic N) is 3. The lowest BCUT2D eigenvalue weighted by Crippen LogP contribution is -2.49. The summed E-state index contributed by atoms with van der Waals surface area (Å²) in [5, 5.41) is 9.26. The number of hydrogen-bond acceptors (Lipinski definition) is 3. The van der Waals surface area contributed by atoms with Gasteiger partial charge in [-0.2, -0.15) is 0 Å². The average molecular weight is 404 g/mol. The number of rotatable bonds is 2. The third-order valence-corrected chi connectivity index (χ3v) is 5.10. The predicted molar refractivity (Wildman–Crippen MR) is 114 cm³/mol. The molecule has 27 heavy (non-hydrogen) atoms. The summed E-state index contributed by atoms with van der Waals surface area (Å²) in [7, 11) is 0. The highest BCUT2D eigenvalue weighted by Crippen LogP contribution is 2.37. The lowest BCUT2D eigenvalue weighted by molar-refractivity contribution is 0.539. The molecule has 0 saturated carbocycles. The van der Waals surface area contributed by atoms with E-state index in [4.69, 9.17) is 39.3 Å². The van der Waals surface area contributed by atoms with Gasteiger partial charge in [0.15, 0.2) is 5.96 Å². The van der Waals surface area contributed by atoms with Gasteiger partial charge in [-0.3, -0.25) is 20.2 Å². The Morgan fingerprint density at radius 1 is 0.926 bits per heavy atom. The summed E-state index contributed by atoms with van der Waals surface area (Å²) in [4.78, 5) is 8.45. The summed E-state index contributed by atoms with van der Waals surface area (Å²) >= 11 is 13.1. The van der Waals surface area contributed by atoms with Gasteiger partial charge in [0.2, 0.25) is 5.96 Å². The number of benzene rings is 2. The number of guanidine groups is 2. The summed E-state index contributed by atoms with van der Waals surface area (Å²) in [5.41, 5.74) is 7.43.